The third kappa shape index (κ3) is 3.45. The number of hydrogen-bond acceptors (Lipinski definition) is 3. The summed E-state index contributed by atoms with van der Waals surface area (Å²) in [5.74, 6) is 0.574. The van der Waals surface area contributed by atoms with Gasteiger partial charge in [-0.1, -0.05) is 56.7 Å². The van der Waals surface area contributed by atoms with Crippen LogP contribution in [-0.4, -0.2) is 24.4 Å². The smallest absolute Gasteiger partial charge is 0.411 e. The van der Waals surface area contributed by atoms with E-state index in [0.717, 1.165) is 29.7 Å². The van der Waals surface area contributed by atoms with Crippen LogP contribution in [0.3, 0.4) is 0 Å². The van der Waals surface area contributed by atoms with E-state index in [-0.39, 0.29) is 17.1 Å². The zero-order chi connectivity index (χ0) is 21.8. The van der Waals surface area contributed by atoms with E-state index < -0.39 is 6.09 Å². The van der Waals surface area contributed by atoms with Crippen LogP contribution in [0.5, 0.6) is 0 Å². The Labute approximate surface area is 185 Å². The van der Waals surface area contributed by atoms with Crippen molar-refractivity contribution in [1.82, 2.24) is 0 Å². The fraction of sp³-hybridized carbons (Fsp3) is 0.519. The maximum absolute atomic E-state index is 12.3. The lowest BCUT2D eigenvalue weighted by Crippen LogP contribution is -2.34. The molecule has 0 unspecified atom stereocenters. The minimum atomic E-state index is -0.413. The quantitative estimate of drug-likeness (QED) is 0.568. The average molecular weight is 420 g/mol. The van der Waals surface area contributed by atoms with E-state index in [1.54, 1.807) is 11.1 Å². The van der Waals surface area contributed by atoms with E-state index in [9.17, 15) is 4.79 Å². The summed E-state index contributed by atoms with van der Waals surface area (Å²) in [6.07, 6.45) is 9.87. The summed E-state index contributed by atoms with van der Waals surface area (Å²) >= 11 is 0. The molecule has 0 radical (unpaired) electrons. The van der Waals surface area contributed by atoms with Gasteiger partial charge in [0.2, 0.25) is 0 Å². The minimum Gasteiger partial charge on any atom is -0.445 e. The number of para-hydroxylation sites is 1. The second-order valence-electron chi connectivity index (χ2n) is 10.2. The Morgan fingerprint density at radius 1 is 1.23 bits per heavy atom. The minimum absolute atomic E-state index is 0.110. The summed E-state index contributed by atoms with van der Waals surface area (Å²) in [5.41, 5.74) is 7.70. The molecule has 1 aromatic rings. The normalized spacial score (nSPS) is 31.2. The van der Waals surface area contributed by atoms with E-state index in [4.69, 9.17) is 9.47 Å². The first-order valence-corrected chi connectivity index (χ1v) is 11.6. The van der Waals surface area contributed by atoms with Crippen LogP contribution in [0.1, 0.15) is 58.4 Å². The van der Waals surface area contributed by atoms with Crippen LogP contribution in [0.15, 0.2) is 58.7 Å². The maximum atomic E-state index is 12.3. The molecule has 5 rings (SSSR count). The highest BCUT2D eigenvalue weighted by atomic mass is 16.6. The van der Waals surface area contributed by atoms with Crippen LogP contribution < -0.4 is 5.32 Å². The van der Waals surface area contributed by atoms with Gasteiger partial charge in [0, 0.05) is 12.1 Å². The maximum Gasteiger partial charge on any atom is 0.411 e. The van der Waals surface area contributed by atoms with Crippen molar-refractivity contribution in [3.05, 3.63) is 64.3 Å². The highest BCUT2D eigenvalue weighted by molar-refractivity contribution is 5.85. The summed E-state index contributed by atoms with van der Waals surface area (Å²) in [5, 5.41) is 2.85. The van der Waals surface area contributed by atoms with Gasteiger partial charge in [-0.3, -0.25) is 5.32 Å². The molecule has 1 aliphatic heterocycles. The van der Waals surface area contributed by atoms with Crippen LogP contribution in [0, 0.1) is 18.3 Å². The van der Waals surface area contributed by atoms with Gasteiger partial charge in [-0.2, -0.15) is 0 Å². The molecule has 1 N–H and O–H groups in total. The molecule has 4 heteroatoms. The molecule has 2 fully saturated rings. The van der Waals surface area contributed by atoms with Gasteiger partial charge in [-0.25, -0.2) is 4.79 Å². The highest BCUT2D eigenvalue weighted by Crippen LogP contribution is 2.65. The number of aryl methyl sites for hydroxylation is 1. The zero-order valence-corrected chi connectivity index (χ0v) is 19.1. The first-order chi connectivity index (χ1) is 14.8. The lowest BCUT2D eigenvalue weighted by molar-refractivity contribution is 0.170. The van der Waals surface area contributed by atoms with E-state index in [1.807, 2.05) is 31.2 Å². The van der Waals surface area contributed by atoms with Crippen molar-refractivity contribution >= 4 is 11.8 Å². The molecule has 164 valence electrons. The van der Waals surface area contributed by atoms with Gasteiger partial charge in [0.1, 0.15) is 12.2 Å². The molecular weight excluding hydrogens is 386 g/mol. The van der Waals surface area contributed by atoms with Crippen molar-refractivity contribution in [2.24, 2.45) is 11.3 Å². The topological polar surface area (TPSA) is 50.9 Å². The SMILES string of the molecule is Cc1ccccc1NC(=O)OCC1=CC=C2C3=C(C(C)C)CC[C@]3(C)CC[C@]23O[C@H]3C1. The summed E-state index contributed by atoms with van der Waals surface area (Å²) in [7, 11) is 0. The number of hydrogen-bond donors (Lipinski definition) is 1. The molecule has 1 spiro atoms. The fourth-order valence-electron chi connectivity index (χ4n) is 5.92. The molecule has 4 aliphatic rings. The number of amides is 1. The monoisotopic (exact) mass is 419 g/mol. The Balaban J connectivity index is 1.34. The van der Waals surface area contributed by atoms with Crippen molar-refractivity contribution in [2.45, 2.75) is 71.5 Å². The van der Waals surface area contributed by atoms with E-state index >= 15 is 0 Å². The molecule has 1 amide bonds. The van der Waals surface area contributed by atoms with Gasteiger partial charge >= 0.3 is 6.09 Å². The number of anilines is 1. The number of rotatable bonds is 4. The van der Waals surface area contributed by atoms with Crippen LogP contribution >= 0.6 is 0 Å². The number of allylic oxidation sites excluding steroid dienone is 3. The fourth-order valence-corrected chi connectivity index (χ4v) is 5.92. The van der Waals surface area contributed by atoms with Gasteiger partial charge in [0.15, 0.2) is 0 Å². The summed E-state index contributed by atoms with van der Waals surface area (Å²) in [6, 6.07) is 7.72. The zero-order valence-electron chi connectivity index (χ0n) is 19.1. The number of carbonyl (C=O) groups excluding carboxylic acids is 1. The summed E-state index contributed by atoms with van der Waals surface area (Å²) in [4.78, 5) is 12.3. The van der Waals surface area contributed by atoms with Crippen molar-refractivity contribution in [2.75, 3.05) is 11.9 Å². The lowest BCUT2D eigenvalue weighted by atomic mass is 9.64. The Hall–Kier alpha value is -2.33. The van der Waals surface area contributed by atoms with Gasteiger partial charge < -0.3 is 9.47 Å². The number of fused-ring (bicyclic) bond motifs is 2. The third-order valence-corrected chi connectivity index (χ3v) is 7.86. The van der Waals surface area contributed by atoms with E-state index in [1.165, 1.54) is 24.8 Å². The Morgan fingerprint density at radius 3 is 2.81 bits per heavy atom. The summed E-state index contributed by atoms with van der Waals surface area (Å²) in [6.45, 7) is 9.35. The van der Waals surface area contributed by atoms with E-state index in [2.05, 4.69) is 38.2 Å². The molecule has 1 heterocycles. The van der Waals surface area contributed by atoms with Crippen molar-refractivity contribution < 1.29 is 14.3 Å². The molecule has 0 bridgehead atoms. The second-order valence-corrected chi connectivity index (χ2v) is 10.2. The third-order valence-electron chi connectivity index (χ3n) is 7.86. The first kappa shape index (κ1) is 20.6. The van der Waals surface area contributed by atoms with Crippen LogP contribution in [-0.2, 0) is 9.47 Å². The summed E-state index contributed by atoms with van der Waals surface area (Å²) < 4.78 is 11.9. The molecule has 4 nitrogen and oxygen atoms in total. The molecular formula is C27H33NO3. The van der Waals surface area contributed by atoms with Crippen molar-refractivity contribution in [3.63, 3.8) is 0 Å². The van der Waals surface area contributed by atoms with Crippen LogP contribution in [0.25, 0.3) is 0 Å². The van der Waals surface area contributed by atoms with Crippen molar-refractivity contribution in [3.8, 4) is 0 Å². The number of nitrogens with one attached hydrogen (secondary N) is 1. The van der Waals surface area contributed by atoms with Gasteiger partial charge in [0.05, 0.1) is 6.10 Å². The number of carbonyl (C=O) groups is 1. The van der Waals surface area contributed by atoms with Crippen LogP contribution in [0.4, 0.5) is 10.5 Å². The first-order valence-electron chi connectivity index (χ1n) is 11.6. The van der Waals surface area contributed by atoms with Gasteiger partial charge in [-0.15, -0.1) is 0 Å². The number of epoxide rings is 1. The molecule has 3 aliphatic carbocycles. The predicted octanol–water partition coefficient (Wildman–Crippen LogP) is 6.48. The highest BCUT2D eigenvalue weighted by Gasteiger charge is 2.64. The molecule has 0 aromatic heterocycles. The lowest BCUT2D eigenvalue weighted by Gasteiger charge is -2.39. The molecule has 3 atom stereocenters. The average Bonchev–Trinajstić information content (AvgIpc) is 3.33. The Kier molecular flexibility index (Phi) is 4.89. The van der Waals surface area contributed by atoms with E-state index in [0.29, 0.717) is 12.5 Å². The number of benzene rings is 1. The largest absolute Gasteiger partial charge is 0.445 e. The Bertz CT molecular complexity index is 1020. The second kappa shape index (κ2) is 7.37. The molecule has 1 saturated heterocycles. The van der Waals surface area contributed by atoms with Crippen molar-refractivity contribution in [1.29, 1.82) is 0 Å². The van der Waals surface area contributed by atoms with Crippen LogP contribution in [0.2, 0.25) is 0 Å². The number of ether oxygens (including phenoxy) is 2. The molecule has 1 aromatic carbocycles. The standard InChI is InChI=1S/C27H33NO3/c1-17(2)20-11-12-26(4)13-14-27-21(24(20)26)10-9-19(15-23(27)31-27)16-30-25(29)28-22-8-6-5-7-18(22)3/h5-10,17,23H,11-16H2,1-4H3,(H,28,29)/t23-,26+,27-/m0/s1. The Morgan fingerprint density at radius 2 is 2.03 bits per heavy atom. The molecule has 31 heavy (non-hydrogen) atoms. The predicted molar refractivity (Wildman–Crippen MR) is 123 cm³/mol. The van der Waals surface area contributed by atoms with Gasteiger partial charge in [-0.05, 0) is 72.3 Å². The molecule has 1 saturated carbocycles. The van der Waals surface area contributed by atoms with Gasteiger partial charge in [0.25, 0.3) is 0 Å².